The zero-order chi connectivity index (χ0) is 14.6. The van der Waals surface area contributed by atoms with Crippen molar-refractivity contribution >= 4 is 23.2 Å². The Morgan fingerprint density at radius 2 is 2.11 bits per heavy atom. The Bertz CT molecular complexity index is 457. The predicted octanol–water partition coefficient (Wildman–Crippen LogP) is 1.25. The van der Waals surface area contributed by atoms with Gasteiger partial charge in [-0.1, -0.05) is 13.8 Å². The maximum Gasteiger partial charge on any atom is 0.308 e. The molecule has 7 heteroatoms. The molecule has 0 saturated carbocycles. The Morgan fingerprint density at radius 1 is 1.47 bits per heavy atom. The van der Waals surface area contributed by atoms with Crippen LogP contribution >= 0.6 is 11.3 Å². The molecule has 106 valence electrons. The van der Waals surface area contributed by atoms with Crippen LogP contribution in [-0.2, 0) is 4.79 Å². The molecule has 2 atom stereocenters. The van der Waals surface area contributed by atoms with Crippen molar-refractivity contribution in [3.8, 4) is 0 Å². The minimum absolute atomic E-state index is 0.0483. The quantitative estimate of drug-likeness (QED) is 0.729. The van der Waals surface area contributed by atoms with Gasteiger partial charge in [0.2, 0.25) is 0 Å². The minimum Gasteiger partial charge on any atom is -0.481 e. The topological polar surface area (TPSA) is 105 Å². The summed E-state index contributed by atoms with van der Waals surface area (Å²) >= 11 is 1.32. The van der Waals surface area contributed by atoms with E-state index in [2.05, 4.69) is 10.3 Å². The summed E-state index contributed by atoms with van der Waals surface area (Å²) in [5.41, 5.74) is 5.95. The molecule has 0 saturated heterocycles. The number of aromatic nitrogens is 1. The Hall–Kier alpha value is -1.47. The van der Waals surface area contributed by atoms with Crippen molar-refractivity contribution < 1.29 is 14.7 Å². The van der Waals surface area contributed by atoms with Gasteiger partial charge in [-0.05, 0) is 12.8 Å². The van der Waals surface area contributed by atoms with E-state index in [1.165, 1.54) is 11.3 Å². The van der Waals surface area contributed by atoms with Gasteiger partial charge in [-0.25, -0.2) is 4.98 Å². The lowest BCUT2D eigenvalue weighted by Gasteiger charge is -2.16. The highest BCUT2D eigenvalue weighted by Gasteiger charge is 2.22. The van der Waals surface area contributed by atoms with Crippen LogP contribution < -0.4 is 11.1 Å². The van der Waals surface area contributed by atoms with Gasteiger partial charge in [0, 0.05) is 11.9 Å². The van der Waals surface area contributed by atoms with Crippen LogP contribution in [0.5, 0.6) is 0 Å². The molecule has 0 aliphatic carbocycles. The van der Waals surface area contributed by atoms with Gasteiger partial charge in [0.1, 0.15) is 10.7 Å². The first kappa shape index (κ1) is 15.6. The summed E-state index contributed by atoms with van der Waals surface area (Å²) in [6.07, 6.45) is 0. The molecule has 0 aliphatic rings. The molecule has 0 aliphatic heterocycles. The molecule has 1 aromatic heterocycles. The summed E-state index contributed by atoms with van der Waals surface area (Å²) in [6.45, 7) is 5.50. The molecule has 1 heterocycles. The van der Waals surface area contributed by atoms with Gasteiger partial charge in [0.05, 0.1) is 12.0 Å². The third-order valence-electron chi connectivity index (χ3n) is 2.75. The fourth-order valence-corrected chi connectivity index (χ4v) is 2.26. The summed E-state index contributed by atoms with van der Waals surface area (Å²) in [5, 5.41) is 13.9. The van der Waals surface area contributed by atoms with Gasteiger partial charge in [-0.3, -0.25) is 9.59 Å². The molecule has 0 spiro atoms. The molecule has 6 nitrogen and oxygen atoms in total. The van der Waals surface area contributed by atoms with Crippen LogP contribution in [0.15, 0.2) is 5.38 Å². The third-order valence-corrected chi connectivity index (χ3v) is 3.79. The van der Waals surface area contributed by atoms with Crippen molar-refractivity contribution in [2.75, 3.05) is 6.54 Å². The molecule has 1 rings (SSSR count). The van der Waals surface area contributed by atoms with E-state index in [1.807, 2.05) is 13.8 Å². The minimum atomic E-state index is -0.912. The second-order valence-electron chi connectivity index (χ2n) is 4.76. The number of hydrogen-bond acceptors (Lipinski definition) is 5. The summed E-state index contributed by atoms with van der Waals surface area (Å²) in [6, 6.07) is -0.214. The molecule has 1 amide bonds. The SMILES string of the molecule is CC(N)c1nc(C(=O)NCC(C(=O)O)C(C)C)cs1. The van der Waals surface area contributed by atoms with E-state index < -0.39 is 11.9 Å². The first-order valence-corrected chi connectivity index (χ1v) is 6.93. The van der Waals surface area contributed by atoms with Crippen molar-refractivity contribution in [2.45, 2.75) is 26.8 Å². The highest BCUT2D eigenvalue weighted by molar-refractivity contribution is 7.09. The normalized spacial score (nSPS) is 14.2. The lowest BCUT2D eigenvalue weighted by molar-refractivity contribution is -0.142. The first-order valence-electron chi connectivity index (χ1n) is 6.05. The number of carbonyl (C=O) groups excluding carboxylic acids is 1. The maximum absolute atomic E-state index is 11.8. The van der Waals surface area contributed by atoms with E-state index in [1.54, 1.807) is 12.3 Å². The summed E-state index contributed by atoms with van der Waals surface area (Å²) in [7, 11) is 0. The zero-order valence-corrected chi connectivity index (χ0v) is 12.0. The highest BCUT2D eigenvalue weighted by Crippen LogP contribution is 2.16. The van der Waals surface area contributed by atoms with Crippen LogP contribution in [0.2, 0.25) is 0 Å². The van der Waals surface area contributed by atoms with Crippen LogP contribution in [0, 0.1) is 11.8 Å². The number of carboxylic acid groups (broad SMARTS) is 1. The van der Waals surface area contributed by atoms with E-state index in [0.29, 0.717) is 5.01 Å². The van der Waals surface area contributed by atoms with E-state index in [0.717, 1.165) is 0 Å². The van der Waals surface area contributed by atoms with E-state index in [9.17, 15) is 9.59 Å². The molecule has 0 fully saturated rings. The standard InChI is InChI=1S/C12H19N3O3S/c1-6(2)8(12(17)18)4-14-10(16)9-5-19-11(15-9)7(3)13/h5-8H,4,13H2,1-3H3,(H,14,16)(H,17,18). The Labute approximate surface area is 116 Å². The summed E-state index contributed by atoms with van der Waals surface area (Å²) in [5.74, 6) is -1.93. The number of carbonyl (C=O) groups is 2. The molecule has 0 radical (unpaired) electrons. The van der Waals surface area contributed by atoms with Crippen molar-refractivity contribution in [3.63, 3.8) is 0 Å². The van der Waals surface area contributed by atoms with E-state index in [-0.39, 0.29) is 30.1 Å². The fraction of sp³-hybridized carbons (Fsp3) is 0.583. The Morgan fingerprint density at radius 3 is 2.53 bits per heavy atom. The van der Waals surface area contributed by atoms with Crippen LogP contribution in [-0.4, -0.2) is 28.5 Å². The third kappa shape index (κ3) is 4.29. The second kappa shape index (κ2) is 6.63. The smallest absolute Gasteiger partial charge is 0.308 e. The Balaban J connectivity index is 2.61. The molecule has 4 N–H and O–H groups in total. The van der Waals surface area contributed by atoms with Crippen molar-refractivity contribution in [3.05, 3.63) is 16.1 Å². The number of nitrogens with two attached hydrogens (primary N) is 1. The molecular formula is C12H19N3O3S. The van der Waals surface area contributed by atoms with Crippen LogP contribution in [0.3, 0.4) is 0 Å². The first-order chi connectivity index (χ1) is 8.82. The fourth-order valence-electron chi connectivity index (χ4n) is 1.50. The van der Waals surface area contributed by atoms with Gasteiger partial charge in [0.25, 0.3) is 5.91 Å². The van der Waals surface area contributed by atoms with Gasteiger partial charge < -0.3 is 16.2 Å². The number of carboxylic acids is 1. The maximum atomic E-state index is 11.8. The van der Waals surface area contributed by atoms with Crippen molar-refractivity contribution in [1.82, 2.24) is 10.3 Å². The Kier molecular flexibility index (Phi) is 5.44. The van der Waals surface area contributed by atoms with Crippen LogP contribution in [0.1, 0.15) is 42.3 Å². The number of rotatable bonds is 6. The summed E-state index contributed by atoms with van der Waals surface area (Å²) in [4.78, 5) is 26.9. The number of thiazole rings is 1. The lowest BCUT2D eigenvalue weighted by atomic mass is 9.96. The molecule has 0 bridgehead atoms. The molecule has 19 heavy (non-hydrogen) atoms. The van der Waals surface area contributed by atoms with Crippen molar-refractivity contribution in [1.29, 1.82) is 0 Å². The van der Waals surface area contributed by atoms with Gasteiger partial charge >= 0.3 is 5.97 Å². The average Bonchev–Trinajstić information content (AvgIpc) is 2.77. The zero-order valence-electron chi connectivity index (χ0n) is 11.2. The van der Waals surface area contributed by atoms with Gasteiger partial charge in [-0.15, -0.1) is 11.3 Å². The molecule has 2 unspecified atom stereocenters. The summed E-state index contributed by atoms with van der Waals surface area (Å²) < 4.78 is 0. The highest BCUT2D eigenvalue weighted by atomic mass is 32.1. The van der Waals surface area contributed by atoms with Crippen molar-refractivity contribution in [2.24, 2.45) is 17.6 Å². The predicted molar refractivity (Wildman–Crippen MR) is 73.0 cm³/mol. The number of aliphatic carboxylic acids is 1. The number of nitrogens with one attached hydrogen (secondary N) is 1. The molecule has 1 aromatic rings. The molecule has 0 aromatic carbocycles. The van der Waals surface area contributed by atoms with E-state index in [4.69, 9.17) is 10.8 Å². The largest absolute Gasteiger partial charge is 0.481 e. The number of nitrogens with zero attached hydrogens (tertiary/aromatic N) is 1. The van der Waals surface area contributed by atoms with Gasteiger partial charge in [-0.2, -0.15) is 0 Å². The van der Waals surface area contributed by atoms with E-state index >= 15 is 0 Å². The second-order valence-corrected chi connectivity index (χ2v) is 5.65. The van der Waals surface area contributed by atoms with Crippen LogP contribution in [0.4, 0.5) is 0 Å². The number of hydrogen-bond donors (Lipinski definition) is 3. The number of amides is 1. The monoisotopic (exact) mass is 285 g/mol. The molecular weight excluding hydrogens is 266 g/mol. The lowest BCUT2D eigenvalue weighted by Crippen LogP contribution is -2.35. The average molecular weight is 285 g/mol. The van der Waals surface area contributed by atoms with Gasteiger partial charge in [0.15, 0.2) is 0 Å². The van der Waals surface area contributed by atoms with Crippen LogP contribution in [0.25, 0.3) is 0 Å².